The molecular formula is C17H13N5O. The normalized spacial score (nSPS) is 11.0. The zero-order valence-electron chi connectivity index (χ0n) is 12.1. The molecule has 23 heavy (non-hydrogen) atoms. The summed E-state index contributed by atoms with van der Waals surface area (Å²) in [6.45, 7) is 0. The summed E-state index contributed by atoms with van der Waals surface area (Å²) < 4.78 is 0. The molecule has 2 heterocycles. The molecule has 2 aromatic heterocycles. The number of rotatable bonds is 3. The van der Waals surface area contributed by atoms with Crippen LogP contribution in [0.15, 0.2) is 54.7 Å². The number of amides is 1. The Morgan fingerprint density at radius 1 is 1.13 bits per heavy atom. The number of benzene rings is 2. The van der Waals surface area contributed by atoms with E-state index in [1.807, 2.05) is 42.5 Å². The van der Waals surface area contributed by atoms with E-state index in [9.17, 15) is 4.79 Å². The van der Waals surface area contributed by atoms with Crippen LogP contribution in [0, 0.1) is 0 Å². The van der Waals surface area contributed by atoms with Crippen molar-refractivity contribution < 1.29 is 4.79 Å². The van der Waals surface area contributed by atoms with E-state index in [-0.39, 0.29) is 0 Å². The molecule has 0 bridgehead atoms. The highest BCUT2D eigenvalue weighted by Crippen LogP contribution is 2.26. The summed E-state index contributed by atoms with van der Waals surface area (Å²) in [5.74, 6) is 0.227. The maximum atomic E-state index is 11.5. The van der Waals surface area contributed by atoms with Crippen LogP contribution < -0.4 is 11.1 Å². The Morgan fingerprint density at radius 3 is 2.91 bits per heavy atom. The topological polar surface area (TPSA) is 96.7 Å². The fraction of sp³-hybridized carbons (Fsp3) is 0. The van der Waals surface area contributed by atoms with E-state index in [1.54, 1.807) is 12.3 Å². The Balaban J connectivity index is 1.77. The van der Waals surface area contributed by atoms with Crippen LogP contribution in [-0.2, 0) is 0 Å². The Kier molecular flexibility index (Phi) is 2.94. The van der Waals surface area contributed by atoms with Gasteiger partial charge in [-0.2, -0.15) is 5.10 Å². The van der Waals surface area contributed by atoms with Crippen LogP contribution in [0.5, 0.6) is 0 Å². The summed E-state index contributed by atoms with van der Waals surface area (Å²) in [5.41, 5.74) is 8.43. The van der Waals surface area contributed by atoms with Gasteiger partial charge in [0.15, 0.2) is 5.82 Å². The number of aromatic amines is 1. The van der Waals surface area contributed by atoms with Gasteiger partial charge in [-0.05, 0) is 41.1 Å². The van der Waals surface area contributed by atoms with E-state index in [4.69, 9.17) is 5.73 Å². The van der Waals surface area contributed by atoms with Crippen molar-refractivity contribution in [2.75, 3.05) is 5.32 Å². The van der Waals surface area contributed by atoms with E-state index in [0.717, 1.165) is 27.5 Å². The number of nitrogens with two attached hydrogens (primary N) is 1. The number of H-pyrrole nitrogens is 1. The first-order valence-electron chi connectivity index (χ1n) is 7.11. The summed E-state index contributed by atoms with van der Waals surface area (Å²) in [4.78, 5) is 15.8. The van der Waals surface area contributed by atoms with Crippen LogP contribution in [-0.4, -0.2) is 21.1 Å². The molecule has 0 radical (unpaired) electrons. The second-order valence-electron chi connectivity index (χ2n) is 5.20. The van der Waals surface area contributed by atoms with Crippen LogP contribution in [0.3, 0.4) is 0 Å². The third kappa shape index (κ3) is 2.26. The lowest BCUT2D eigenvalue weighted by Gasteiger charge is -2.07. The van der Waals surface area contributed by atoms with Gasteiger partial charge in [-0.25, -0.2) is 0 Å². The first-order chi connectivity index (χ1) is 11.2. The smallest absolute Gasteiger partial charge is 0.249 e. The monoisotopic (exact) mass is 303 g/mol. The summed E-state index contributed by atoms with van der Waals surface area (Å²) in [7, 11) is 0. The highest BCUT2D eigenvalue weighted by atomic mass is 16.1. The van der Waals surface area contributed by atoms with Gasteiger partial charge in [0.1, 0.15) is 5.52 Å². The van der Waals surface area contributed by atoms with E-state index >= 15 is 0 Å². The van der Waals surface area contributed by atoms with E-state index in [1.165, 1.54) is 0 Å². The minimum atomic E-state index is -0.432. The number of anilines is 2. The fourth-order valence-corrected chi connectivity index (χ4v) is 2.65. The predicted octanol–water partition coefficient (Wildman–Crippen LogP) is 2.95. The van der Waals surface area contributed by atoms with E-state index in [0.29, 0.717) is 11.4 Å². The Bertz CT molecular complexity index is 1040. The van der Waals surface area contributed by atoms with Crippen LogP contribution in [0.2, 0.25) is 0 Å². The number of carbonyl (C=O) groups excluding carboxylic acids is 1. The van der Waals surface area contributed by atoms with Gasteiger partial charge in [-0.3, -0.25) is 14.9 Å². The van der Waals surface area contributed by atoms with Crippen molar-refractivity contribution in [2.45, 2.75) is 0 Å². The zero-order chi connectivity index (χ0) is 15.8. The molecule has 0 saturated heterocycles. The van der Waals surface area contributed by atoms with Gasteiger partial charge in [0.25, 0.3) is 0 Å². The molecule has 0 fully saturated rings. The molecule has 0 spiro atoms. The summed E-state index contributed by atoms with van der Waals surface area (Å²) >= 11 is 0. The molecule has 0 unspecified atom stereocenters. The van der Waals surface area contributed by atoms with Crippen LogP contribution in [0.4, 0.5) is 11.5 Å². The van der Waals surface area contributed by atoms with Gasteiger partial charge >= 0.3 is 0 Å². The van der Waals surface area contributed by atoms with Crippen LogP contribution >= 0.6 is 0 Å². The third-order valence-electron chi connectivity index (χ3n) is 3.73. The van der Waals surface area contributed by atoms with Crippen molar-refractivity contribution in [3.8, 4) is 0 Å². The molecule has 6 nitrogen and oxygen atoms in total. The van der Waals surface area contributed by atoms with Gasteiger partial charge < -0.3 is 11.1 Å². The number of pyridine rings is 1. The average molecular weight is 303 g/mol. The van der Waals surface area contributed by atoms with E-state index in [2.05, 4.69) is 20.5 Å². The Labute approximate surface area is 131 Å². The molecule has 4 aromatic rings. The average Bonchev–Trinajstić information content (AvgIpc) is 2.97. The number of nitrogens with zero attached hydrogens (tertiary/aromatic N) is 2. The van der Waals surface area contributed by atoms with Gasteiger partial charge in [0, 0.05) is 17.4 Å². The summed E-state index contributed by atoms with van der Waals surface area (Å²) in [6, 6.07) is 15.0. The van der Waals surface area contributed by atoms with Crippen molar-refractivity contribution in [2.24, 2.45) is 5.73 Å². The van der Waals surface area contributed by atoms with Gasteiger partial charge in [0.05, 0.1) is 5.52 Å². The van der Waals surface area contributed by atoms with Gasteiger partial charge in [0.2, 0.25) is 5.91 Å². The largest absolute Gasteiger partial charge is 0.366 e. The number of carbonyl (C=O) groups is 1. The maximum Gasteiger partial charge on any atom is 0.249 e. The van der Waals surface area contributed by atoms with E-state index < -0.39 is 5.91 Å². The standard InChI is InChI=1S/C17H13N5O/c18-16(23)13-4-1-3-10-9-11(6-7-12(10)13)20-17-15-14(21-22-17)5-2-8-19-15/h1-9H,(H2,18,23)(H2,20,21,22). The van der Waals surface area contributed by atoms with Crippen molar-refractivity contribution >= 4 is 39.2 Å². The van der Waals surface area contributed by atoms with Crippen LogP contribution in [0.25, 0.3) is 21.8 Å². The first kappa shape index (κ1) is 13.3. The second-order valence-corrected chi connectivity index (χ2v) is 5.20. The van der Waals surface area contributed by atoms with Crippen LogP contribution in [0.1, 0.15) is 10.4 Å². The molecule has 0 saturated carbocycles. The number of aromatic nitrogens is 3. The highest BCUT2D eigenvalue weighted by Gasteiger charge is 2.09. The highest BCUT2D eigenvalue weighted by molar-refractivity contribution is 6.07. The molecule has 112 valence electrons. The van der Waals surface area contributed by atoms with Crippen molar-refractivity contribution in [1.29, 1.82) is 0 Å². The van der Waals surface area contributed by atoms with Crippen molar-refractivity contribution in [1.82, 2.24) is 15.2 Å². The Morgan fingerprint density at radius 2 is 2.04 bits per heavy atom. The minimum absolute atomic E-state index is 0.432. The molecule has 6 heteroatoms. The molecule has 0 aliphatic heterocycles. The van der Waals surface area contributed by atoms with Crippen molar-refractivity contribution in [3.63, 3.8) is 0 Å². The molecule has 0 aliphatic rings. The quantitative estimate of drug-likeness (QED) is 0.542. The van der Waals surface area contributed by atoms with Gasteiger partial charge in [-0.1, -0.05) is 18.2 Å². The number of nitrogens with one attached hydrogen (secondary N) is 2. The van der Waals surface area contributed by atoms with Gasteiger partial charge in [-0.15, -0.1) is 0 Å². The lowest BCUT2D eigenvalue weighted by Crippen LogP contribution is -2.11. The minimum Gasteiger partial charge on any atom is -0.366 e. The fourth-order valence-electron chi connectivity index (χ4n) is 2.65. The summed E-state index contributed by atoms with van der Waals surface area (Å²) in [5, 5.41) is 12.2. The molecule has 4 N–H and O–H groups in total. The number of primary amides is 1. The SMILES string of the molecule is NC(=O)c1cccc2cc(Nc3n[nH]c4cccnc34)ccc12. The molecular weight excluding hydrogens is 290 g/mol. The number of hydrogen-bond donors (Lipinski definition) is 3. The Hall–Kier alpha value is -3.41. The number of hydrogen-bond acceptors (Lipinski definition) is 4. The molecule has 1 amide bonds. The first-order valence-corrected chi connectivity index (χ1v) is 7.11. The predicted molar refractivity (Wildman–Crippen MR) is 89.6 cm³/mol. The maximum absolute atomic E-state index is 11.5. The number of fused-ring (bicyclic) bond motifs is 2. The molecule has 2 aromatic carbocycles. The molecule has 4 rings (SSSR count). The lowest BCUT2D eigenvalue weighted by molar-refractivity contribution is 0.100. The molecule has 0 atom stereocenters. The van der Waals surface area contributed by atoms with Crippen molar-refractivity contribution in [3.05, 3.63) is 60.3 Å². The zero-order valence-corrected chi connectivity index (χ0v) is 12.1. The summed E-state index contributed by atoms with van der Waals surface area (Å²) in [6.07, 6.45) is 1.72. The second kappa shape index (κ2) is 5.10. The lowest BCUT2D eigenvalue weighted by atomic mass is 10.0. The third-order valence-corrected chi connectivity index (χ3v) is 3.73. The molecule has 0 aliphatic carbocycles.